The van der Waals surface area contributed by atoms with Crippen LogP contribution in [-0.2, 0) is 0 Å². The first-order chi connectivity index (χ1) is 10.9. The average Bonchev–Trinajstić information content (AvgIpc) is 3.17. The Kier molecular flexibility index (Phi) is 4.39. The zero-order chi connectivity index (χ0) is 16.4. The van der Waals surface area contributed by atoms with Crippen LogP contribution in [0.15, 0.2) is 21.2 Å². The van der Waals surface area contributed by atoms with Crippen LogP contribution < -0.4 is 5.32 Å². The third-order valence-electron chi connectivity index (χ3n) is 3.75. The Morgan fingerprint density at radius 1 is 1.43 bits per heavy atom. The van der Waals surface area contributed by atoms with Gasteiger partial charge in [0.1, 0.15) is 0 Å². The van der Waals surface area contributed by atoms with E-state index in [9.17, 15) is 4.79 Å². The number of thiophene rings is 1. The third kappa shape index (κ3) is 3.90. The first-order valence-electron chi connectivity index (χ1n) is 7.85. The lowest BCUT2D eigenvalue weighted by Gasteiger charge is -2.33. The highest BCUT2D eigenvalue weighted by Crippen LogP contribution is 2.29. The predicted molar refractivity (Wildman–Crippen MR) is 89.4 cm³/mol. The molecule has 1 fully saturated rings. The van der Waals surface area contributed by atoms with Gasteiger partial charge in [0.05, 0.1) is 5.92 Å². The minimum absolute atomic E-state index is 0.0280. The summed E-state index contributed by atoms with van der Waals surface area (Å²) >= 11 is 1.60. The molecule has 0 radical (unpaired) electrons. The minimum Gasteiger partial charge on any atom is -0.420 e. The van der Waals surface area contributed by atoms with E-state index in [2.05, 4.69) is 15.5 Å². The molecular formula is C16H22N4O2S. The zero-order valence-electron chi connectivity index (χ0n) is 13.7. The molecule has 0 unspecified atom stereocenters. The zero-order valence-corrected chi connectivity index (χ0v) is 14.5. The Bertz CT molecular complexity index is 660. The lowest BCUT2D eigenvalue weighted by Crippen LogP contribution is -2.51. The molecule has 1 aliphatic heterocycles. The first-order valence-corrected chi connectivity index (χ1v) is 8.80. The summed E-state index contributed by atoms with van der Waals surface area (Å²) in [5.74, 6) is 1.28. The van der Waals surface area contributed by atoms with Crippen LogP contribution in [0.2, 0.25) is 0 Å². The fourth-order valence-electron chi connectivity index (χ4n) is 2.67. The number of hydrogen-bond donors (Lipinski definition) is 1. The van der Waals surface area contributed by atoms with Gasteiger partial charge in [-0.05, 0) is 45.1 Å². The van der Waals surface area contributed by atoms with Gasteiger partial charge in [-0.15, -0.1) is 10.2 Å². The van der Waals surface area contributed by atoms with Crippen LogP contribution in [0.25, 0.3) is 11.5 Å². The molecule has 7 heteroatoms. The van der Waals surface area contributed by atoms with Gasteiger partial charge in [-0.2, -0.15) is 11.3 Å². The minimum atomic E-state index is -0.235. The molecule has 124 valence electrons. The number of carbonyl (C=O) groups is 1. The number of carbonyl (C=O) groups excluding carboxylic acids is 1. The molecule has 1 atom stereocenters. The molecule has 2 aromatic rings. The van der Waals surface area contributed by atoms with Crippen molar-refractivity contribution in [3.8, 4) is 11.5 Å². The fourth-order valence-corrected chi connectivity index (χ4v) is 3.30. The lowest BCUT2D eigenvalue weighted by atomic mass is 9.98. The van der Waals surface area contributed by atoms with Gasteiger partial charge in [0.25, 0.3) is 0 Å². The summed E-state index contributed by atoms with van der Waals surface area (Å²) in [6.45, 7) is 7.34. The lowest BCUT2D eigenvalue weighted by molar-refractivity contribution is 0.167. The molecule has 6 nitrogen and oxygen atoms in total. The summed E-state index contributed by atoms with van der Waals surface area (Å²) < 4.78 is 5.82. The predicted octanol–water partition coefficient (Wildman–Crippen LogP) is 3.49. The summed E-state index contributed by atoms with van der Waals surface area (Å²) in [4.78, 5) is 14.2. The van der Waals surface area contributed by atoms with Crippen molar-refractivity contribution in [1.29, 1.82) is 0 Å². The molecule has 2 aromatic heterocycles. The average molecular weight is 334 g/mol. The number of nitrogens with zero attached hydrogens (tertiary/aromatic N) is 3. The van der Waals surface area contributed by atoms with E-state index in [1.54, 1.807) is 11.3 Å². The molecule has 3 heterocycles. The molecule has 0 saturated carbocycles. The van der Waals surface area contributed by atoms with Crippen LogP contribution in [-0.4, -0.2) is 39.8 Å². The van der Waals surface area contributed by atoms with E-state index < -0.39 is 0 Å². The van der Waals surface area contributed by atoms with Gasteiger partial charge in [-0.1, -0.05) is 0 Å². The quantitative estimate of drug-likeness (QED) is 0.912. The highest BCUT2D eigenvalue weighted by Gasteiger charge is 2.29. The van der Waals surface area contributed by atoms with Crippen LogP contribution in [0.4, 0.5) is 4.79 Å². The number of piperidine rings is 1. The molecule has 0 aromatic carbocycles. The standard InChI is InChI=1S/C16H22N4O2S/c1-16(2,3)17-15(21)20-7-4-5-11(9-20)13-18-19-14(22-13)12-6-8-23-10-12/h6,8,10-11H,4-5,7,9H2,1-3H3,(H,17,21)/t11-/m0/s1. The van der Waals surface area contributed by atoms with Gasteiger partial charge in [0, 0.05) is 29.6 Å². The number of likely N-dealkylation sites (tertiary alicyclic amines) is 1. The summed E-state index contributed by atoms with van der Waals surface area (Å²) in [5.41, 5.74) is 0.715. The maximum absolute atomic E-state index is 12.3. The topological polar surface area (TPSA) is 71.3 Å². The molecule has 2 amide bonds. The smallest absolute Gasteiger partial charge is 0.317 e. The Labute approximate surface area is 139 Å². The number of hydrogen-bond acceptors (Lipinski definition) is 5. The van der Waals surface area contributed by atoms with E-state index in [0.29, 0.717) is 18.3 Å². The summed E-state index contributed by atoms with van der Waals surface area (Å²) in [6.07, 6.45) is 1.91. The van der Waals surface area contributed by atoms with Gasteiger partial charge in [-0.25, -0.2) is 4.79 Å². The third-order valence-corrected chi connectivity index (χ3v) is 4.43. The van der Waals surface area contributed by atoms with E-state index >= 15 is 0 Å². The Hall–Kier alpha value is -1.89. The first kappa shape index (κ1) is 16.0. The number of urea groups is 1. The summed E-state index contributed by atoms with van der Waals surface area (Å²) in [6, 6.07) is 1.94. The van der Waals surface area contributed by atoms with Crippen molar-refractivity contribution in [3.05, 3.63) is 22.7 Å². The van der Waals surface area contributed by atoms with Gasteiger partial charge in [-0.3, -0.25) is 0 Å². The maximum atomic E-state index is 12.3. The number of aromatic nitrogens is 2. The van der Waals surface area contributed by atoms with Crippen molar-refractivity contribution in [2.45, 2.75) is 45.1 Å². The molecule has 0 bridgehead atoms. The van der Waals surface area contributed by atoms with E-state index in [0.717, 1.165) is 24.9 Å². The summed E-state index contributed by atoms with van der Waals surface area (Å²) in [5, 5.41) is 15.3. The van der Waals surface area contributed by atoms with Gasteiger partial charge < -0.3 is 14.6 Å². The van der Waals surface area contributed by atoms with Crippen LogP contribution in [0.3, 0.4) is 0 Å². The number of nitrogens with one attached hydrogen (secondary N) is 1. The molecular weight excluding hydrogens is 312 g/mol. The molecule has 0 aliphatic carbocycles. The van der Waals surface area contributed by atoms with Crippen molar-refractivity contribution in [3.63, 3.8) is 0 Å². The van der Waals surface area contributed by atoms with Crippen LogP contribution in [0, 0.1) is 0 Å². The number of rotatable bonds is 2. The summed E-state index contributed by atoms with van der Waals surface area (Å²) in [7, 11) is 0. The van der Waals surface area contributed by atoms with Gasteiger partial charge >= 0.3 is 6.03 Å². The number of amides is 2. The monoisotopic (exact) mass is 334 g/mol. The Morgan fingerprint density at radius 2 is 2.26 bits per heavy atom. The molecule has 1 saturated heterocycles. The largest absolute Gasteiger partial charge is 0.420 e. The van der Waals surface area contributed by atoms with E-state index in [1.807, 2.05) is 42.5 Å². The second kappa shape index (κ2) is 6.31. The molecule has 23 heavy (non-hydrogen) atoms. The maximum Gasteiger partial charge on any atom is 0.317 e. The van der Waals surface area contributed by atoms with Crippen LogP contribution in [0.1, 0.15) is 45.4 Å². The SMILES string of the molecule is CC(C)(C)NC(=O)N1CCC[C@H](c2nnc(-c3ccsc3)o2)C1. The van der Waals surface area contributed by atoms with Gasteiger partial charge in [0.15, 0.2) is 0 Å². The molecule has 0 spiro atoms. The van der Waals surface area contributed by atoms with Crippen molar-refractivity contribution >= 4 is 17.4 Å². The Balaban J connectivity index is 1.68. The van der Waals surface area contributed by atoms with Crippen LogP contribution >= 0.6 is 11.3 Å². The second-order valence-corrected chi connectivity index (χ2v) is 7.70. The van der Waals surface area contributed by atoms with Crippen molar-refractivity contribution in [2.24, 2.45) is 0 Å². The Morgan fingerprint density at radius 3 is 2.96 bits per heavy atom. The van der Waals surface area contributed by atoms with Crippen molar-refractivity contribution in [1.82, 2.24) is 20.4 Å². The molecule has 1 N–H and O–H groups in total. The van der Waals surface area contributed by atoms with E-state index in [-0.39, 0.29) is 17.5 Å². The van der Waals surface area contributed by atoms with Crippen molar-refractivity contribution in [2.75, 3.05) is 13.1 Å². The van der Waals surface area contributed by atoms with Crippen LogP contribution in [0.5, 0.6) is 0 Å². The van der Waals surface area contributed by atoms with E-state index in [1.165, 1.54) is 0 Å². The van der Waals surface area contributed by atoms with Gasteiger partial charge in [0.2, 0.25) is 11.8 Å². The van der Waals surface area contributed by atoms with Crippen molar-refractivity contribution < 1.29 is 9.21 Å². The second-order valence-electron chi connectivity index (χ2n) is 6.92. The molecule has 1 aliphatic rings. The highest BCUT2D eigenvalue weighted by molar-refractivity contribution is 7.08. The van der Waals surface area contributed by atoms with E-state index in [4.69, 9.17) is 4.42 Å². The molecule has 3 rings (SSSR count). The fraction of sp³-hybridized carbons (Fsp3) is 0.562. The highest BCUT2D eigenvalue weighted by atomic mass is 32.1. The normalized spacial score (nSPS) is 18.9.